The molecule has 0 unspecified atom stereocenters. The van der Waals surface area contributed by atoms with E-state index in [0.717, 1.165) is 18.2 Å². The summed E-state index contributed by atoms with van der Waals surface area (Å²) in [5.41, 5.74) is -0.865. The Kier molecular flexibility index (Phi) is 5.80. The van der Waals surface area contributed by atoms with E-state index in [1.165, 1.54) is 30.3 Å². The number of halogens is 4. The summed E-state index contributed by atoms with van der Waals surface area (Å²) in [7, 11) is 0. The Hall–Kier alpha value is -3.36. The summed E-state index contributed by atoms with van der Waals surface area (Å²) in [6, 6.07) is 9.89. The number of carbonyl (C=O) groups is 2. The van der Waals surface area contributed by atoms with E-state index >= 15 is 0 Å². The number of rotatable bonds is 4. The molecule has 0 saturated carbocycles. The molecule has 0 aromatic heterocycles. The highest BCUT2D eigenvalue weighted by Gasteiger charge is 2.42. The van der Waals surface area contributed by atoms with Crippen molar-refractivity contribution in [1.82, 2.24) is 5.32 Å². The van der Waals surface area contributed by atoms with Gasteiger partial charge in [-0.2, -0.15) is 0 Å². The number of benzene rings is 2. The van der Waals surface area contributed by atoms with Gasteiger partial charge in [0.25, 0.3) is 5.91 Å². The van der Waals surface area contributed by atoms with Crippen molar-refractivity contribution in [3.05, 3.63) is 65.5 Å². The number of hydrogen-bond donors (Lipinski definition) is 1. The maximum atomic E-state index is 13.5. The van der Waals surface area contributed by atoms with Gasteiger partial charge in [0.05, 0.1) is 5.57 Å². The first-order valence-corrected chi connectivity index (χ1v) is 9.24. The zero-order chi connectivity index (χ0) is 23.0. The van der Waals surface area contributed by atoms with Gasteiger partial charge >= 0.3 is 12.3 Å². The van der Waals surface area contributed by atoms with Crippen LogP contribution >= 0.6 is 0 Å². The molecule has 0 aliphatic carbocycles. The number of nitrogens with one attached hydrogen (secondary N) is 1. The number of esters is 1. The minimum absolute atomic E-state index is 0.0185. The molecule has 0 radical (unpaired) electrons. The van der Waals surface area contributed by atoms with Gasteiger partial charge in [0.1, 0.15) is 11.6 Å². The van der Waals surface area contributed by atoms with Crippen molar-refractivity contribution in [2.75, 3.05) is 0 Å². The van der Waals surface area contributed by atoms with Crippen LogP contribution in [0.25, 0.3) is 11.1 Å². The Balaban J connectivity index is 2.21. The fourth-order valence-electron chi connectivity index (χ4n) is 3.15. The molecule has 1 N–H and O–H groups in total. The quantitative estimate of drug-likeness (QED) is 0.566. The van der Waals surface area contributed by atoms with Gasteiger partial charge in [-0.25, -0.2) is 9.18 Å². The molecule has 9 heteroatoms. The predicted molar refractivity (Wildman–Crippen MR) is 104 cm³/mol. The van der Waals surface area contributed by atoms with Crippen LogP contribution in [-0.2, 0) is 14.3 Å². The SMILES string of the molecule is CC(C)(C)NC(=O)[C@@H]1OC(=O)C(c2ccccc2OC(F)(F)F)=C1c1ccc(F)cc1. The molecule has 0 saturated heterocycles. The van der Waals surface area contributed by atoms with Gasteiger partial charge in [0.2, 0.25) is 6.10 Å². The molecule has 1 aliphatic rings. The summed E-state index contributed by atoms with van der Waals surface area (Å²) < 4.78 is 61.5. The van der Waals surface area contributed by atoms with Crippen molar-refractivity contribution in [2.24, 2.45) is 0 Å². The van der Waals surface area contributed by atoms with E-state index < -0.39 is 41.4 Å². The third-order valence-electron chi connectivity index (χ3n) is 4.23. The summed E-state index contributed by atoms with van der Waals surface area (Å²) in [4.78, 5) is 25.6. The summed E-state index contributed by atoms with van der Waals surface area (Å²) in [5, 5.41) is 2.68. The molecule has 5 nitrogen and oxygen atoms in total. The lowest BCUT2D eigenvalue weighted by Gasteiger charge is -2.23. The molecule has 1 aliphatic heterocycles. The zero-order valence-electron chi connectivity index (χ0n) is 16.8. The van der Waals surface area contributed by atoms with E-state index in [1.54, 1.807) is 20.8 Å². The normalized spacial score (nSPS) is 16.9. The average molecular weight is 437 g/mol. The van der Waals surface area contributed by atoms with Gasteiger partial charge in [-0.15, -0.1) is 13.2 Å². The second kappa shape index (κ2) is 8.05. The Morgan fingerprint density at radius 2 is 1.65 bits per heavy atom. The fourth-order valence-corrected chi connectivity index (χ4v) is 3.15. The van der Waals surface area contributed by atoms with Crippen LogP contribution in [0.4, 0.5) is 17.6 Å². The minimum atomic E-state index is -5.00. The van der Waals surface area contributed by atoms with E-state index in [0.29, 0.717) is 0 Å². The van der Waals surface area contributed by atoms with Crippen LogP contribution in [-0.4, -0.2) is 29.9 Å². The van der Waals surface area contributed by atoms with E-state index in [9.17, 15) is 27.2 Å². The number of para-hydroxylation sites is 1. The highest BCUT2D eigenvalue weighted by molar-refractivity contribution is 6.31. The van der Waals surface area contributed by atoms with Crippen molar-refractivity contribution in [1.29, 1.82) is 0 Å². The first-order chi connectivity index (χ1) is 14.4. The highest BCUT2D eigenvalue weighted by Crippen LogP contribution is 2.41. The number of alkyl halides is 3. The van der Waals surface area contributed by atoms with Gasteiger partial charge in [-0.05, 0) is 44.5 Å². The minimum Gasteiger partial charge on any atom is -0.444 e. The topological polar surface area (TPSA) is 64.6 Å². The van der Waals surface area contributed by atoms with Crippen LogP contribution < -0.4 is 10.1 Å². The zero-order valence-corrected chi connectivity index (χ0v) is 16.8. The van der Waals surface area contributed by atoms with Gasteiger partial charge in [-0.1, -0.05) is 30.3 Å². The lowest BCUT2D eigenvalue weighted by atomic mass is 9.91. The van der Waals surface area contributed by atoms with Crippen LogP contribution in [0.2, 0.25) is 0 Å². The molecule has 1 heterocycles. The molecule has 0 fully saturated rings. The number of cyclic esters (lactones) is 1. The van der Waals surface area contributed by atoms with Crippen molar-refractivity contribution >= 4 is 23.0 Å². The van der Waals surface area contributed by atoms with Gasteiger partial charge in [0.15, 0.2) is 0 Å². The highest BCUT2D eigenvalue weighted by atomic mass is 19.4. The fraction of sp³-hybridized carbons (Fsp3) is 0.273. The second-order valence-corrected chi connectivity index (χ2v) is 7.86. The van der Waals surface area contributed by atoms with Gasteiger partial charge < -0.3 is 14.8 Å². The van der Waals surface area contributed by atoms with Crippen molar-refractivity contribution in [2.45, 2.75) is 38.8 Å². The van der Waals surface area contributed by atoms with Crippen molar-refractivity contribution < 1.29 is 36.6 Å². The Bertz CT molecular complexity index is 1040. The summed E-state index contributed by atoms with van der Waals surface area (Å²) in [6.07, 6.45) is -6.44. The van der Waals surface area contributed by atoms with Gasteiger partial charge in [0, 0.05) is 16.7 Å². The third-order valence-corrected chi connectivity index (χ3v) is 4.23. The first-order valence-electron chi connectivity index (χ1n) is 9.24. The predicted octanol–water partition coefficient (Wildman–Crippen LogP) is 4.48. The largest absolute Gasteiger partial charge is 0.573 e. The van der Waals surface area contributed by atoms with Crippen molar-refractivity contribution in [3.8, 4) is 5.75 Å². The molecule has 1 atom stereocenters. The Morgan fingerprint density at radius 3 is 2.23 bits per heavy atom. The lowest BCUT2D eigenvalue weighted by molar-refractivity contribution is -0.274. The van der Waals surface area contributed by atoms with Crippen LogP contribution in [0.1, 0.15) is 31.9 Å². The summed E-state index contributed by atoms with van der Waals surface area (Å²) in [6.45, 7) is 5.16. The second-order valence-electron chi connectivity index (χ2n) is 7.86. The number of amides is 1. The van der Waals surface area contributed by atoms with E-state index in [1.807, 2.05) is 0 Å². The molecule has 0 bridgehead atoms. The first kappa shape index (κ1) is 22.3. The third kappa shape index (κ3) is 5.22. The molecule has 2 aromatic carbocycles. The number of hydrogen-bond acceptors (Lipinski definition) is 4. The smallest absolute Gasteiger partial charge is 0.444 e. The Labute approximate surface area is 175 Å². The van der Waals surface area contributed by atoms with E-state index in [2.05, 4.69) is 10.1 Å². The summed E-state index contributed by atoms with van der Waals surface area (Å²) in [5.74, 6) is -2.85. The van der Waals surface area contributed by atoms with E-state index in [4.69, 9.17) is 4.74 Å². The summed E-state index contributed by atoms with van der Waals surface area (Å²) >= 11 is 0. The monoisotopic (exact) mass is 437 g/mol. The van der Waals surface area contributed by atoms with Crippen LogP contribution in [0.5, 0.6) is 5.75 Å². The maximum Gasteiger partial charge on any atom is 0.573 e. The standard InChI is InChI=1S/C22H19F4NO4/c1-21(2,3)27-19(28)18-16(12-8-10-13(23)11-9-12)17(20(29)30-18)14-6-4-5-7-15(14)31-22(24,25)26/h4-11,18H,1-3H3,(H,27,28)/t18-/m1/s1. The number of ether oxygens (including phenoxy) is 2. The molecule has 164 valence electrons. The van der Waals surface area contributed by atoms with Crippen molar-refractivity contribution in [3.63, 3.8) is 0 Å². The lowest BCUT2D eigenvalue weighted by Crippen LogP contribution is -2.46. The molecule has 3 rings (SSSR count). The van der Waals surface area contributed by atoms with Gasteiger partial charge in [-0.3, -0.25) is 4.79 Å². The molecule has 31 heavy (non-hydrogen) atoms. The Morgan fingerprint density at radius 1 is 1.03 bits per heavy atom. The molecular formula is C22H19F4NO4. The molecule has 2 aromatic rings. The average Bonchev–Trinajstić information content (AvgIpc) is 2.97. The molecule has 1 amide bonds. The van der Waals surface area contributed by atoms with Crippen LogP contribution in [0.15, 0.2) is 48.5 Å². The van der Waals surface area contributed by atoms with E-state index in [-0.39, 0.29) is 22.3 Å². The number of carbonyl (C=O) groups excluding carboxylic acids is 2. The molecular weight excluding hydrogens is 418 g/mol. The molecule has 0 spiro atoms. The maximum absolute atomic E-state index is 13.5. The van der Waals surface area contributed by atoms with Crippen LogP contribution in [0.3, 0.4) is 0 Å². The van der Waals surface area contributed by atoms with Crippen LogP contribution in [0, 0.1) is 5.82 Å².